The van der Waals surface area contributed by atoms with Gasteiger partial charge in [0.25, 0.3) is 0 Å². The number of rotatable bonds is 5. The first-order chi connectivity index (χ1) is 11.7. The van der Waals surface area contributed by atoms with Crippen molar-refractivity contribution in [3.8, 4) is 0 Å². The van der Waals surface area contributed by atoms with E-state index in [2.05, 4.69) is 46.5 Å². The van der Waals surface area contributed by atoms with E-state index in [1.165, 1.54) is 5.56 Å². The molecule has 0 atom stereocenters. The van der Waals surface area contributed by atoms with E-state index in [1.54, 1.807) is 20.9 Å². The maximum Gasteiger partial charge on any atom is 0.193 e. The first-order valence-corrected chi connectivity index (χ1v) is 10.3. The Morgan fingerprint density at radius 1 is 1.32 bits per heavy atom. The summed E-state index contributed by atoms with van der Waals surface area (Å²) in [6.07, 6.45) is 0. The summed E-state index contributed by atoms with van der Waals surface area (Å²) in [5, 5.41) is 3.36. The summed E-state index contributed by atoms with van der Waals surface area (Å²) < 4.78 is 23.5. The van der Waals surface area contributed by atoms with Crippen molar-refractivity contribution in [2.24, 2.45) is 4.99 Å². The van der Waals surface area contributed by atoms with Crippen LogP contribution in [0.25, 0.3) is 0 Å². The minimum atomic E-state index is -3.04. The molecule has 1 aliphatic rings. The molecule has 0 unspecified atom stereocenters. The Morgan fingerprint density at radius 3 is 2.60 bits per heavy atom. The molecule has 140 valence electrons. The number of guanidine groups is 1. The fourth-order valence-electron chi connectivity index (χ4n) is 2.99. The molecule has 0 radical (unpaired) electrons. The van der Waals surface area contributed by atoms with Crippen molar-refractivity contribution in [1.82, 2.24) is 15.1 Å². The first kappa shape index (κ1) is 19.7. The van der Waals surface area contributed by atoms with E-state index >= 15 is 0 Å². The van der Waals surface area contributed by atoms with Gasteiger partial charge in [-0.3, -0.25) is 4.99 Å². The SMILES string of the molecule is CN=C(NCCN(C)Cc1ccccc1)N1CCS(=O)(=O)C(C)(C)C1. The molecular formula is C18H30N4O2S. The molecule has 2 rings (SSSR count). The van der Waals surface area contributed by atoms with Crippen LogP contribution in [0.2, 0.25) is 0 Å². The van der Waals surface area contributed by atoms with Crippen LogP contribution in [0.1, 0.15) is 19.4 Å². The maximum atomic E-state index is 12.1. The molecule has 1 aliphatic heterocycles. The molecule has 1 aromatic rings. The largest absolute Gasteiger partial charge is 0.355 e. The van der Waals surface area contributed by atoms with Crippen LogP contribution in [0, 0.1) is 0 Å². The zero-order valence-corrected chi connectivity index (χ0v) is 16.5. The average Bonchev–Trinajstić information content (AvgIpc) is 2.55. The van der Waals surface area contributed by atoms with Gasteiger partial charge in [0, 0.05) is 39.8 Å². The molecule has 0 aliphatic carbocycles. The minimum Gasteiger partial charge on any atom is -0.355 e. The minimum absolute atomic E-state index is 0.175. The fraction of sp³-hybridized carbons (Fsp3) is 0.611. The molecule has 1 saturated heterocycles. The van der Waals surface area contributed by atoms with Crippen LogP contribution >= 0.6 is 0 Å². The van der Waals surface area contributed by atoms with E-state index in [-0.39, 0.29) is 5.75 Å². The van der Waals surface area contributed by atoms with Gasteiger partial charge in [-0.05, 0) is 26.5 Å². The van der Waals surface area contributed by atoms with Gasteiger partial charge in [-0.15, -0.1) is 0 Å². The molecule has 1 aromatic carbocycles. The van der Waals surface area contributed by atoms with Gasteiger partial charge in [0.2, 0.25) is 0 Å². The standard InChI is InChI=1S/C18H30N4O2S/c1-18(2)15-22(12-13-25(18,23)24)17(19-3)20-10-11-21(4)14-16-8-6-5-7-9-16/h5-9H,10-15H2,1-4H3,(H,19,20). The molecule has 1 fully saturated rings. The van der Waals surface area contributed by atoms with Crippen molar-refractivity contribution in [1.29, 1.82) is 0 Å². The zero-order chi connectivity index (χ0) is 18.5. The van der Waals surface area contributed by atoms with Crippen LogP contribution in [-0.2, 0) is 16.4 Å². The van der Waals surface area contributed by atoms with Gasteiger partial charge in [-0.2, -0.15) is 0 Å². The highest BCUT2D eigenvalue weighted by Gasteiger charge is 2.40. The van der Waals surface area contributed by atoms with Crippen molar-refractivity contribution in [2.45, 2.75) is 25.1 Å². The lowest BCUT2D eigenvalue weighted by molar-refractivity contribution is 0.322. The summed E-state index contributed by atoms with van der Waals surface area (Å²) in [6.45, 7) is 7.07. The predicted octanol–water partition coefficient (Wildman–Crippen LogP) is 1.20. The van der Waals surface area contributed by atoms with Crippen LogP contribution in [0.15, 0.2) is 35.3 Å². The molecule has 6 nitrogen and oxygen atoms in total. The van der Waals surface area contributed by atoms with Gasteiger partial charge in [0.05, 0.1) is 10.5 Å². The van der Waals surface area contributed by atoms with Gasteiger partial charge in [-0.25, -0.2) is 8.42 Å². The average molecular weight is 367 g/mol. The lowest BCUT2D eigenvalue weighted by Crippen LogP contribution is -2.57. The van der Waals surface area contributed by atoms with Crippen LogP contribution in [0.3, 0.4) is 0 Å². The quantitative estimate of drug-likeness (QED) is 0.627. The lowest BCUT2D eigenvalue weighted by atomic mass is 10.2. The van der Waals surface area contributed by atoms with Gasteiger partial charge in [0.1, 0.15) is 0 Å². The Balaban J connectivity index is 1.83. The first-order valence-electron chi connectivity index (χ1n) is 8.65. The topological polar surface area (TPSA) is 65.0 Å². The lowest BCUT2D eigenvalue weighted by Gasteiger charge is -2.39. The highest BCUT2D eigenvalue weighted by atomic mass is 32.2. The van der Waals surface area contributed by atoms with Gasteiger partial charge >= 0.3 is 0 Å². The van der Waals surface area contributed by atoms with Gasteiger partial charge in [0.15, 0.2) is 15.8 Å². The monoisotopic (exact) mass is 366 g/mol. The normalized spacial score (nSPS) is 19.9. The number of nitrogens with zero attached hydrogens (tertiary/aromatic N) is 3. The molecule has 7 heteroatoms. The van der Waals surface area contributed by atoms with Crippen molar-refractivity contribution < 1.29 is 8.42 Å². The van der Waals surface area contributed by atoms with E-state index in [9.17, 15) is 8.42 Å². The number of likely N-dealkylation sites (N-methyl/N-ethyl adjacent to an activating group) is 1. The summed E-state index contributed by atoms with van der Waals surface area (Å²) in [5.74, 6) is 0.949. The molecule has 0 amide bonds. The number of hydrogen-bond acceptors (Lipinski definition) is 4. The molecule has 0 spiro atoms. The summed E-state index contributed by atoms with van der Waals surface area (Å²) in [4.78, 5) is 8.61. The van der Waals surface area contributed by atoms with E-state index in [4.69, 9.17) is 0 Å². The third-order valence-corrected chi connectivity index (χ3v) is 7.16. The summed E-state index contributed by atoms with van der Waals surface area (Å²) in [5.41, 5.74) is 1.29. The molecule has 0 bridgehead atoms. The summed E-state index contributed by atoms with van der Waals surface area (Å²) in [7, 11) is 0.797. The number of nitrogens with one attached hydrogen (secondary N) is 1. The van der Waals surface area contributed by atoms with Gasteiger partial charge < -0.3 is 15.1 Å². The van der Waals surface area contributed by atoms with Crippen molar-refractivity contribution >= 4 is 15.8 Å². The predicted molar refractivity (Wildman–Crippen MR) is 104 cm³/mol. The van der Waals surface area contributed by atoms with Crippen LogP contribution in [-0.4, -0.2) is 75.0 Å². The van der Waals surface area contributed by atoms with E-state index in [1.807, 2.05) is 11.0 Å². The Kier molecular flexibility index (Phi) is 6.46. The fourth-order valence-corrected chi connectivity index (χ4v) is 4.36. The van der Waals surface area contributed by atoms with E-state index in [0.29, 0.717) is 13.1 Å². The van der Waals surface area contributed by atoms with Crippen molar-refractivity contribution in [3.63, 3.8) is 0 Å². The Bertz CT molecular complexity index is 686. The van der Waals surface area contributed by atoms with Gasteiger partial charge in [-0.1, -0.05) is 30.3 Å². The number of sulfone groups is 1. The molecule has 1 N–H and O–H groups in total. The molecular weight excluding hydrogens is 336 g/mol. The smallest absolute Gasteiger partial charge is 0.193 e. The summed E-state index contributed by atoms with van der Waals surface area (Å²) in [6, 6.07) is 10.4. The zero-order valence-electron chi connectivity index (χ0n) is 15.7. The van der Waals surface area contributed by atoms with Crippen LogP contribution < -0.4 is 5.32 Å². The van der Waals surface area contributed by atoms with Crippen molar-refractivity contribution in [3.05, 3.63) is 35.9 Å². The molecule has 0 aromatic heterocycles. The highest BCUT2D eigenvalue weighted by Crippen LogP contribution is 2.23. The molecule has 0 saturated carbocycles. The summed E-state index contributed by atoms with van der Waals surface area (Å²) >= 11 is 0. The molecule has 1 heterocycles. The molecule has 25 heavy (non-hydrogen) atoms. The van der Waals surface area contributed by atoms with E-state index in [0.717, 1.165) is 25.6 Å². The Labute approximate surface area is 151 Å². The second-order valence-electron chi connectivity index (χ2n) is 7.20. The van der Waals surface area contributed by atoms with Crippen LogP contribution in [0.4, 0.5) is 0 Å². The number of benzene rings is 1. The Hall–Kier alpha value is -1.60. The van der Waals surface area contributed by atoms with Crippen molar-refractivity contribution in [2.75, 3.05) is 46.0 Å². The third-order valence-electron chi connectivity index (χ3n) is 4.63. The van der Waals surface area contributed by atoms with Crippen LogP contribution in [0.5, 0.6) is 0 Å². The second kappa shape index (κ2) is 8.19. The van der Waals surface area contributed by atoms with E-state index < -0.39 is 14.6 Å². The third kappa shape index (κ3) is 5.19. The number of hydrogen-bond donors (Lipinski definition) is 1. The maximum absolute atomic E-state index is 12.1. The highest BCUT2D eigenvalue weighted by molar-refractivity contribution is 7.92. The Morgan fingerprint density at radius 2 is 2.00 bits per heavy atom. The number of aliphatic imine (C=N–C) groups is 1. The second-order valence-corrected chi connectivity index (χ2v) is 9.94.